The molecule has 0 fully saturated rings. The monoisotopic (exact) mass is 484 g/mol. The molecule has 7 heteroatoms. The molecule has 0 radical (unpaired) electrons. The number of benzene rings is 1. The van der Waals surface area contributed by atoms with E-state index in [1.807, 2.05) is 0 Å². The van der Waals surface area contributed by atoms with E-state index in [9.17, 15) is 17.3 Å². The fourth-order valence-corrected chi connectivity index (χ4v) is 4.20. The maximum Gasteiger partial charge on any atom is 0.673 e. The van der Waals surface area contributed by atoms with E-state index < -0.39 is 7.25 Å². The quantitative estimate of drug-likeness (QED) is 0.0917. The van der Waals surface area contributed by atoms with Crippen molar-refractivity contribution in [2.24, 2.45) is 0 Å². The molecule has 34 heavy (non-hydrogen) atoms. The predicted molar refractivity (Wildman–Crippen MR) is 135 cm³/mol. The Kier molecular flexibility index (Phi) is 16.5. The van der Waals surface area contributed by atoms with E-state index in [0.717, 1.165) is 13.1 Å². The van der Waals surface area contributed by atoms with Gasteiger partial charge >= 0.3 is 7.25 Å². The maximum atomic E-state index is 9.75. The number of nitrogens with zero attached hydrogens (tertiary/aromatic N) is 2. The van der Waals surface area contributed by atoms with Gasteiger partial charge in [0, 0.05) is 6.92 Å². The Balaban J connectivity index is 0.00000104. The molecule has 0 atom stereocenters. The summed E-state index contributed by atoms with van der Waals surface area (Å²) >= 11 is 0. The lowest BCUT2D eigenvalue weighted by Gasteiger charge is -2.04. The minimum absolute atomic E-state index is 0.971. The van der Waals surface area contributed by atoms with Gasteiger partial charge in [-0.2, -0.15) is 0 Å². The number of imidazole rings is 1. The summed E-state index contributed by atoms with van der Waals surface area (Å²) in [5, 5.41) is 0. The first-order valence-electron chi connectivity index (χ1n) is 13.3. The van der Waals surface area contributed by atoms with Gasteiger partial charge in [-0.1, -0.05) is 114 Å². The Labute approximate surface area is 204 Å². The number of hydrogen-bond acceptors (Lipinski definition) is 0. The van der Waals surface area contributed by atoms with Crippen molar-refractivity contribution < 1.29 is 21.8 Å². The van der Waals surface area contributed by atoms with Crippen molar-refractivity contribution >= 4 is 7.25 Å². The highest BCUT2D eigenvalue weighted by molar-refractivity contribution is 6.50. The largest absolute Gasteiger partial charge is 0.673 e. The molecule has 2 aromatic rings. The molecule has 0 saturated carbocycles. The Morgan fingerprint density at radius 2 is 1.15 bits per heavy atom. The second-order valence-corrected chi connectivity index (χ2v) is 9.24. The number of rotatable bonds is 17. The molecule has 0 spiro atoms. The van der Waals surface area contributed by atoms with Gasteiger partial charge in [-0.15, -0.1) is 0 Å². The number of halogens is 4. The summed E-state index contributed by atoms with van der Waals surface area (Å²) in [5.41, 5.74) is 1.37. The molecule has 0 N–H and O–H groups in total. The lowest BCUT2D eigenvalue weighted by atomic mass is 10.0. The molecule has 2 rings (SSSR count). The molecule has 0 aliphatic carbocycles. The Morgan fingerprint density at radius 1 is 0.706 bits per heavy atom. The first-order chi connectivity index (χ1) is 16.3. The van der Waals surface area contributed by atoms with Crippen molar-refractivity contribution in [1.29, 1.82) is 0 Å². The second-order valence-electron chi connectivity index (χ2n) is 9.24. The highest BCUT2D eigenvalue weighted by atomic mass is 19.5. The molecule has 0 unspecified atom stereocenters. The topological polar surface area (TPSA) is 8.81 Å². The summed E-state index contributed by atoms with van der Waals surface area (Å²) in [5.74, 6) is 1.36. The van der Waals surface area contributed by atoms with Gasteiger partial charge in [0.25, 0.3) is 5.82 Å². The van der Waals surface area contributed by atoms with Crippen molar-refractivity contribution in [3.05, 3.63) is 54.1 Å². The molecular formula is C27H45BF4N2. The first kappa shape index (κ1) is 30.2. The van der Waals surface area contributed by atoms with E-state index in [2.05, 4.69) is 65.7 Å². The van der Waals surface area contributed by atoms with Crippen LogP contribution in [0.3, 0.4) is 0 Å². The van der Waals surface area contributed by atoms with Crippen LogP contribution in [0.15, 0.2) is 42.7 Å². The van der Waals surface area contributed by atoms with Gasteiger partial charge in [0.05, 0.1) is 6.54 Å². The zero-order valence-corrected chi connectivity index (χ0v) is 21.3. The summed E-state index contributed by atoms with van der Waals surface area (Å²) in [6.07, 6.45) is 24.4. The average molecular weight is 484 g/mol. The van der Waals surface area contributed by atoms with E-state index in [0.29, 0.717) is 0 Å². The number of hydrogen-bond donors (Lipinski definition) is 0. The van der Waals surface area contributed by atoms with Crippen molar-refractivity contribution in [1.82, 2.24) is 4.57 Å². The Bertz CT molecular complexity index is 726. The van der Waals surface area contributed by atoms with E-state index in [1.165, 1.54) is 101 Å². The molecule has 0 saturated heterocycles. The minimum atomic E-state index is -6.00. The molecule has 2 nitrogen and oxygen atoms in total. The van der Waals surface area contributed by atoms with E-state index in [4.69, 9.17) is 0 Å². The average Bonchev–Trinajstić information content (AvgIpc) is 3.13. The standard InChI is InChI=1S/C27H45N2.BF4/c1-3-4-5-6-7-8-9-10-11-12-13-14-15-19-22-28-23-24-29(26(28)2)25-27-20-17-16-18-21-27;2-1(3,4)5/h16-18,20-21,23-24H,3-15,19,22,25H2,1-2H3;/q+1;-1. The molecule has 0 amide bonds. The van der Waals surface area contributed by atoms with Crippen molar-refractivity contribution in [2.45, 2.75) is 117 Å². The summed E-state index contributed by atoms with van der Waals surface area (Å²) in [4.78, 5) is 0. The minimum Gasteiger partial charge on any atom is -0.418 e. The lowest BCUT2D eigenvalue weighted by Crippen LogP contribution is -2.36. The number of aryl methyl sites for hydroxylation is 1. The summed E-state index contributed by atoms with van der Waals surface area (Å²) < 4.78 is 43.8. The third kappa shape index (κ3) is 16.8. The number of unbranched alkanes of at least 4 members (excludes halogenated alkanes) is 13. The molecule has 0 aliphatic heterocycles. The Morgan fingerprint density at radius 3 is 1.62 bits per heavy atom. The van der Waals surface area contributed by atoms with Gasteiger partial charge in [0.1, 0.15) is 18.9 Å². The Hall–Kier alpha value is -1.79. The van der Waals surface area contributed by atoms with E-state index >= 15 is 0 Å². The van der Waals surface area contributed by atoms with E-state index in [-0.39, 0.29) is 0 Å². The van der Waals surface area contributed by atoms with Crippen LogP contribution in [0.25, 0.3) is 0 Å². The fourth-order valence-electron chi connectivity index (χ4n) is 4.20. The van der Waals surface area contributed by atoms with Crippen LogP contribution in [0.1, 0.15) is 108 Å². The first-order valence-corrected chi connectivity index (χ1v) is 13.3. The molecule has 0 aliphatic rings. The zero-order valence-electron chi connectivity index (χ0n) is 21.3. The summed E-state index contributed by atoms with van der Waals surface area (Å²) in [7, 11) is -6.00. The third-order valence-electron chi connectivity index (χ3n) is 6.21. The van der Waals surface area contributed by atoms with Crippen LogP contribution in [-0.2, 0) is 13.1 Å². The lowest BCUT2D eigenvalue weighted by molar-refractivity contribution is -0.694. The van der Waals surface area contributed by atoms with Crippen LogP contribution in [0.5, 0.6) is 0 Å². The fraction of sp³-hybridized carbons (Fsp3) is 0.667. The molecule has 1 aromatic carbocycles. The van der Waals surface area contributed by atoms with Crippen LogP contribution < -0.4 is 4.57 Å². The van der Waals surface area contributed by atoms with Gasteiger partial charge in [0.2, 0.25) is 0 Å². The van der Waals surface area contributed by atoms with Crippen molar-refractivity contribution in [3.8, 4) is 0 Å². The SMILES string of the molecule is CCCCCCCCCCCCCCCCn1cc[n+](Cc2ccccc2)c1C.F[B-](F)(F)F. The van der Waals surface area contributed by atoms with Crippen LogP contribution in [0.2, 0.25) is 0 Å². The third-order valence-corrected chi connectivity index (χ3v) is 6.21. The van der Waals surface area contributed by atoms with E-state index in [1.54, 1.807) is 0 Å². The highest BCUT2D eigenvalue weighted by Crippen LogP contribution is 2.13. The smallest absolute Gasteiger partial charge is 0.418 e. The van der Waals surface area contributed by atoms with Gasteiger partial charge in [-0.25, -0.2) is 9.13 Å². The van der Waals surface area contributed by atoms with Crippen LogP contribution in [0, 0.1) is 6.92 Å². The van der Waals surface area contributed by atoms with Gasteiger partial charge in [0.15, 0.2) is 0 Å². The van der Waals surface area contributed by atoms with Gasteiger partial charge in [-0.3, -0.25) is 0 Å². The van der Waals surface area contributed by atoms with Crippen molar-refractivity contribution in [2.75, 3.05) is 0 Å². The normalized spacial score (nSPS) is 11.4. The van der Waals surface area contributed by atoms with Crippen molar-refractivity contribution in [3.63, 3.8) is 0 Å². The number of aromatic nitrogens is 2. The van der Waals surface area contributed by atoms with Gasteiger partial charge in [-0.05, 0) is 18.4 Å². The van der Waals surface area contributed by atoms with Gasteiger partial charge < -0.3 is 17.3 Å². The zero-order chi connectivity index (χ0) is 25.1. The highest BCUT2D eigenvalue weighted by Gasteiger charge is 2.20. The molecule has 0 bridgehead atoms. The second kappa shape index (κ2) is 18.5. The maximum absolute atomic E-state index is 9.75. The molecular weight excluding hydrogens is 439 g/mol. The van der Waals surface area contributed by atoms with Crippen LogP contribution in [-0.4, -0.2) is 11.8 Å². The predicted octanol–water partition coefficient (Wildman–Crippen LogP) is 8.91. The molecule has 194 valence electrons. The summed E-state index contributed by atoms with van der Waals surface area (Å²) in [6, 6.07) is 10.7. The summed E-state index contributed by atoms with van der Waals surface area (Å²) in [6.45, 7) is 6.67. The van der Waals surface area contributed by atoms with Crippen LogP contribution >= 0.6 is 0 Å². The molecule has 1 aromatic heterocycles. The van der Waals surface area contributed by atoms with Crippen LogP contribution in [0.4, 0.5) is 17.3 Å². The molecule has 1 heterocycles.